The van der Waals surface area contributed by atoms with Crippen molar-refractivity contribution in [2.75, 3.05) is 0 Å². The van der Waals surface area contributed by atoms with Crippen molar-refractivity contribution < 1.29 is 30.8 Å². The van der Waals surface area contributed by atoms with Crippen LogP contribution in [0.5, 0.6) is 0 Å². The van der Waals surface area contributed by atoms with Gasteiger partial charge in [-0.1, -0.05) is 78.9 Å². The van der Waals surface area contributed by atoms with Gasteiger partial charge in [-0.2, -0.15) is 0 Å². The fraction of sp³-hybridized carbons (Fsp3) is 0.0741. The van der Waals surface area contributed by atoms with Gasteiger partial charge in [0, 0.05) is 16.5 Å². The zero-order valence-electron chi connectivity index (χ0n) is 17.7. The molecule has 6 heteroatoms. The third-order valence-corrected chi connectivity index (χ3v) is 5.51. The number of rotatable bonds is 6. The molecule has 3 aromatic carbocycles. The van der Waals surface area contributed by atoms with Crippen molar-refractivity contribution >= 4 is 16.8 Å². The number of Topliss-reactive ketones (excluding diaryl/α,β-unsaturated/α-hetero) is 1. The van der Waals surface area contributed by atoms with Crippen LogP contribution in [0.3, 0.4) is 0 Å². The van der Waals surface area contributed by atoms with Gasteiger partial charge in [0.05, 0.1) is 5.56 Å². The van der Waals surface area contributed by atoms with Gasteiger partial charge in [-0.25, -0.2) is 13.9 Å². The van der Waals surface area contributed by atoms with Gasteiger partial charge in [0.15, 0.2) is 12.6 Å². The summed E-state index contributed by atoms with van der Waals surface area (Å²) in [4.78, 5) is 25.6. The molecule has 5 rings (SSSR count). The minimum absolute atomic E-state index is 0. The normalized spacial score (nSPS) is 11.6. The highest BCUT2D eigenvalue weighted by Crippen LogP contribution is 2.26. The highest BCUT2D eigenvalue weighted by Gasteiger charge is 2.26. The van der Waals surface area contributed by atoms with E-state index in [0.717, 1.165) is 10.9 Å². The molecule has 164 valence electrons. The number of para-hydroxylation sites is 1. The molecule has 0 saturated carbocycles. The van der Waals surface area contributed by atoms with E-state index in [-0.39, 0.29) is 41.0 Å². The summed E-state index contributed by atoms with van der Waals surface area (Å²) in [6.07, 6.45) is 5.58. The zero-order valence-corrected chi connectivity index (χ0v) is 19.3. The molecule has 0 amide bonds. The van der Waals surface area contributed by atoms with Crippen molar-refractivity contribution in [1.29, 1.82) is 0 Å². The zero-order chi connectivity index (χ0) is 21.9. The molecular formula is C27H21BrN2O3. The Morgan fingerprint density at radius 1 is 0.909 bits per heavy atom. The summed E-state index contributed by atoms with van der Waals surface area (Å²) in [5, 5.41) is 0.863. The second kappa shape index (κ2) is 9.79. The molecule has 33 heavy (non-hydrogen) atoms. The number of fused-ring (bicyclic) bond motifs is 1. The van der Waals surface area contributed by atoms with E-state index < -0.39 is 0 Å². The summed E-state index contributed by atoms with van der Waals surface area (Å²) in [5.74, 6) is 0.0230. The van der Waals surface area contributed by atoms with Gasteiger partial charge in [-0.05, 0) is 12.1 Å². The fourth-order valence-electron chi connectivity index (χ4n) is 3.95. The average Bonchev–Trinajstić information content (AvgIpc) is 3.28. The maximum absolute atomic E-state index is 12.9. The lowest BCUT2D eigenvalue weighted by Gasteiger charge is -2.14. The van der Waals surface area contributed by atoms with Crippen LogP contribution in [0.4, 0.5) is 0 Å². The van der Waals surface area contributed by atoms with E-state index >= 15 is 0 Å². The lowest BCUT2D eigenvalue weighted by molar-refractivity contribution is -0.682. The second-order valence-electron chi connectivity index (χ2n) is 7.66. The van der Waals surface area contributed by atoms with E-state index in [9.17, 15) is 9.59 Å². The van der Waals surface area contributed by atoms with Gasteiger partial charge in [-0.15, -0.1) is 0 Å². The van der Waals surface area contributed by atoms with Crippen LogP contribution in [0.25, 0.3) is 11.0 Å². The lowest BCUT2D eigenvalue weighted by atomic mass is 9.99. The number of benzene rings is 3. The van der Waals surface area contributed by atoms with Crippen molar-refractivity contribution in [3.63, 3.8) is 0 Å². The van der Waals surface area contributed by atoms with E-state index in [1.165, 1.54) is 0 Å². The van der Waals surface area contributed by atoms with E-state index in [0.29, 0.717) is 16.7 Å². The molecule has 5 nitrogen and oxygen atoms in total. The highest BCUT2D eigenvalue weighted by atomic mass is 79.9. The molecule has 0 aliphatic heterocycles. The standard InChI is InChI=1S/C27H21N2O3.BrH/c30-24(20-9-3-1-4-10-20)18-28-15-16-29(19-28)26(21-11-5-2-6-12-21)23-17-22-13-7-8-14-25(22)32-27(23)31;/h1-17,19,26H,18H2;1H/q+1;/p-1. The Labute approximate surface area is 201 Å². The number of aromatic nitrogens is 2. The van der Waals surface area contributed by atoms with Crippen LogP contribution in [-0.4, -0.2) is 10.4 Å². The van der Waals surface area contributed by atoms with Gasteiger partial charge in [0.1, 0.15) is 18.0 Å². The van der Waals surface area contributed by atoms with E-state index in [1.807, 2.05) is 113 Å². The monoisotopic (exact) mass is 500 g/mol. The molecule has 0 aliphatic carbocycles. The predicted octanol–water partition coefficient (Wildman–Crippen LogP) is 1.41. The molecule has 1 unspecified atom stereocenters. The van der Waals surface area contributed by atoms with Gasteiger partial charge in [0.2, 0.25) is 12.1 Å². The predicted molar refractivity (Wildman–Crippen MR) is 122 cm³/mol. The number of hydrogen-bond donors (Lipinski definition) is 0. The van der Waals surface area contributed by atoms with Crippen LogP contribution < -0.4 is 27.2 Å². The van der Waals surface area contributed by atoms with Crippen LogP contribution in [0.2, 0.25) is 0 Å². The highest BCUT2D eigenvalue weighted by molar-refractivity contribution is 5.94. The summed E-state index contributed by atoms with van der Waals surface area (Å²) in [5.41, 5.74) is 2.34. The molecule has 1 atom stereocenters. The van der Waals surface area contributed by atoms with Crippen LogP contribution in [-0.2, 0) is 6.54 Å². The third-order valence-electron chi connectivity index (χ3n) is 5.51. The van der Waals surface area contributed by atoms with Crippen molar-refractivity contribution in [2.24, 2.45) is 0 Å². The summed E-state index contributed by atoms with van der Waals surface area (Å²) in [7, 11) is 0. The van der Waals surface area contributed by atoms with Crippen LogP contribution in [0.15, 0.2) is 119 Å². The Morgan fingerprint density at radius 2 is 1.58 bits per heavy atom. The molecule has 0 N–H and O–H groups in total. The Balaban J connectivity index is 0.00000259. The number of hydrogen-bond acceptors (Lipinski definition) is 3. The summed E-state index contributed by atoms with van der Waals surface area (Å²) in [6, 6.07) is 28.0. The molecule has 2 heterocycles. The van der Waals surface area contributed by atoms with Crippen LogP contribution in [0.1, 0.15) is 27.5 Å². The molecule has 0 aliphatic rings. The Kier molecular flexibility index (Phi) is 6.66. The number of nitrogens with zero attached hydrogens (tertiary/aromatic N) is 2. The number of ketones is 1. The molecule has 2 aromatic heterocycles. The summed E-state index contributed by atoms with van der Waals surface area (Å²) in [6.45, 7) is 0.213. The molecule has 0 spiro atoms. The molecule has 0 bridgehead atoms. The summed E-state index contributed by atoms with van der Waals surface area (Å²) < 4.78 is 9.38. The van der Waals surface area contributed by atoms with Gasteiger partial charge >= 0.3 is 5.63 Å². The Bertz CT molecular complexity index is 1440. The quantitative estimate of drug-likeness (QED) is 0.201. The van der Waals surface area contributed by atoms with E-state index in [1.54, 1.807) is 6.07 Å². The Morgan fingerprint density at radius 3 is 2.33 bits per heavy atom. The van der Waals surface area contributed by atoms with Gasteiger partial charge in [-0.3, -0.25) is 4.79 Å². The minimum atomic E-state index is -0.384. The van der Waals surface area contributed by atoms with Gasteiger partial charge < -0.3 is 21.4 Å². The topological polar surface area (TPSA) is 56.1 Å². The van der Waals surface area contributed by atoms with Crippen LogP contribution in [0, 0.1) is 0 Å². The first-order valence-electron chi connectivity index (χ1n) is 10.4. The third kappa shape index (κ3) is 4.71. The number of carbonyl (C=O) groups is 1. The maximum Gasteiger partial charge on any atom is 0.344 e. The minimum Gasteiger partial charge on any atom is -1.00 e. The van der Waals surface area contributed by atoms with Crippen molar-refractivity contribution in [1.82, 2.24) is 4.57 Å². The van der Waals surface area contributed by atoms with E-state index in [2.05, 4.69) is 0 Å². The SMILES string of the molecule is O=C(C[n+]1ccn(C(c2ccccc2)c2cc3ccccc3oc2=O)c1)c1ccccc1.[Br-]. The average molecular weight is 501 g/mol. The molecule has 5 aromatic rings. The number of halogens is 1. The molecule has 0 radical (unpaired) electrons. The van der Waals surface area contributed by atoms with E-state index in [4.69, 9.17) is 4.42 Å². The first kappa shape index (κ1) is 22.4. The second-order valence-corrected chi connectivity index (χ2v) is 7.66. The first-order chi connectivity index (χ1) is 15.7. The summed E-state index contributed by atoms with van der Waals surface area (Å²) >= 11 is 0. The van der Waals surface area contributed by atoms with Crippen molar-refractivity contribution in [3.8, 4) is 0 Å². The molecule has 0 fully saturated rings. The smallest absolute Gasteiger partial charge is 0.344 e. The number of carbonyl (C=O) groups excluding carboxylic acids is 1. The van der Waals surface area contributed by atoms with Crippen molar-refractivity contribution in [2.45, 2.75) is 12.6 Å². The number of imidazole rings is 1. The fourth-order valence-corrected chi connectivity index (χ4v) is 3.95. The Hall–Kier alpha value is -3.77. The molecule has 0 saturated heterocycles. The first-order valence-corrected chi connectivity index (χ1v) is 10.4. The van der Waals surface area contributed by atoms with Crippen LogP contribution >= 0.6 is 0 Å². The molecular weight excluding hydrogens is 480 g/mol. The van der Waals surface area contributed by atoms with Gasteiger partial charge in [0.25, 0.3) is 0 Å². The maximum atomic E-state index is 12.9. The lowest BCUT2D eigenvalue weighted by Crippen LogP contribution is -3.00. The largest absolute Gasteiger partial charge is 1.00 e. The van der Waals surface area contributed by atoms with Crippen molar-refractivity contribution in [3.05, 3.63) is 137 Å².